The van der Waals surface area contributed by atoms with Crippen molar-refractivity contribution in [1.82, 2.24) is 10.2 Å². The van der Waals surface area contributed by atoms with Crippen molar-refractivity contribution in [3.8, 4) is 11.5 Å². The molecule has 1 N–H and O–H groups in total. The van der Waals surface area contributed by atoms with Gasteiger partial charge in [-0.2, -0.15) is 0 Å². The van der Waals surface area contributed by atoms with Gasteiger partial charge in [-0.3, -0.25) is 4.79 Å². The Balaban J connectivity index is 1.66. The predicted molar refractivity (Wildman–Crippen MR) is 105 cm³/mol. The number of hydrogen-bond acceptors (Lipinski definition) is 5. The Labute approximate surface area is 161 Å². The molecular formula is C19H18ClN3O2S. The number of halogens is 1. The maximum atomic E-state index is 12.4. The fourth-order valence-electron chi connectivity index (χ4n) is 2.25. The summed E-state index contributed by atoms with van der Waals surface area (Å²) in [5, 5.41) is 11.5. The molecule has 1 amide bonds. The van der Waals surface area contributed by atoms with Crippen LogP contribution in [0.3, 0.4) is 0 Å². The molecule has 0 saturated carbocycles. The van der Waals surface area contributed by atoms with Crippen molar-refractivity contribution >= 4 is 35.0 Å². The maximum absolute atomic E-state index is 12.4. The molecule has 0 spiro atoms. The fraction of sp³-hybridized carbons (Fsp3) is 0.211. The van der Waals surface area contributed by atoms with Gasteiger partial charge in [0.1, 0.15) is 0 Å². The van der Waals surface area contributed by atoms with Crippen molar-refractivity contribution in [3.05, 3.63) is 58.6 Å². The first-order valence-corrected chi connectivity index (χ1v) is 9.33. The summed E-state index contributed by atoms with van der Waals surface area (Å²) in [4.78, 5) is 12.4. The minimum Gasteiger partial charge on any atom is -0.411 e. The number of thioether (sulfide) groups is 1. The van der Waals surface area contributed by atoms with E-state index in [1.54, 1.807) is 19.1 Å². The summed E-state index contributed by atoms with van der Waals surface area (Å²) in [5.74, 6) is 0.279. The van der Waals surface area contributed by atoms with Crippen molar-refractivity contribution in [2.45, 2.75) is 31.2 Å². The Kier molecular flexibility index (Phi) is 5.64. The molecule has 1 aromatic heterocycles. The second kappa shape index (κ2) is 7.93. The second-order valence-electron chi connectivity index (χ2n) is 5.90. The van der Waals surface area contributed by atoms with Crippen LogP contribution < -0.4 is 5.32 Å². The van der Waals surface area contributed by atoms with Crippen LogP contribution in [-0.4, -0.2) is 21.4 Å². The van der Waals surface area contributed by atoms with Gasteiger partial charge in [-0.1, -0.05) is 47.1 Å². The molecule has 1 heterocycles. The number of amides is 1. The first-order valence-electron chi connectivity index (χ1n) is 8.07. The molecule has 1 atom stereocenters. The summed E-state index contributed by atoms with van der Waals surface area (Å²) in [7, 11) is 0. The number of rotatable bonds is 5. The van der Waals surface area contributed by atoms with Crippen LogP contribution in [0.2, 0.25) is 5.02 Å². The first kappa shape index (κ1) is 18.5. The van der Waals surface area contributed by atoms with Gasteiger partial charge in [0, 0.05) is 16.3 Å². The summed E-state index contributed by atoms with van der Waals surface area (Å²) in [6, 6.07) is 13.2. The van der Waals surface area contributed by atoms with Crippen molar-refractivity contribution in [2.75, 3.05) is 5.32 Å². The fourth-order valence-corrected chi connectivity index (χ4v) is 3.11. The normalized spacial score (nSPS) is 12.0. The van der Waals surface area contributed by atoms with Crippen molar-refractivity contribution in [3.63, 3.8) is 0 Å². The van der Waals surface area contributed by atoms with Crippen LogP contribution in [0.15, 0.2) is 52.1 Å². The number of carbonyl (C=O) groups excluding carboxylic acids is 1. The lowest BCUT2D eigenvalue weighted by molar-refractivity contribution is -0.115. The third kappa shape index (κ3) is 4.26. The Bertz CT molecular complexity index is 925. The van der Waals surface area contributed by atoms with Gasteiger partial charge in [0.05, 0.1) is 5.25 Å². The monoisotopic (exact) mass is 387 g/mol. The molecule has 0 aliphatic heterocycles. The first-order chi connectivity index (χ1) is 12.4. The van der Waals surface area contributed by atoms with Gasteiger partial charge in [-0.05, 0) is 50.6 Å². The quantitative estimate of drug-likeness (QED) is 0.615. The zero-order chi connectivity index (χ0) is 18.7. The molecule has 0 aliphatic rings. The van der Waals surface area contributed by atoms with E-state index in [4.69, 9.17) is 16.0 Å². The molecule has 7 heteroatoms. The van der Waals surface area contributed by atoms with Crippen LogP contribution in [0.5, 0.6) is 0 Å². The minimum absolute atomic E-state index is 0.157. The van der Waals surface area contributed by atoms with E-state index in [0.717, 1.165) is 16.7 Å². The minimum atomic E-state index is -0.403. The van der Waals surface area contributed by atoms with Gasteiger partial charge in [0.25, 0.3) is 5.22 Å². The van der Waals surface area contributed by atoms with Gasteiger partial charge in [-0.15, -0.1) is 10.2 Å². The van der Waals surface area contributed by atoms with E-state index in [1.165, 1.54) is 11.8 Å². The smallest absolute Gasteiger partial charge is 0.277 e. The predicted octanol–water partition coefficient (Wildman–Crippen LogP) is 5.13. The topological polar surface area (TPSA) is 68.0 Å². The van der Waals surface area contributed by atoms with Crippen LogP contribution in [0.1, 0.15) is 18.1 Å². The Morgan fingerprint density at radius 2 is 1.88 bits per heavy atom. The van der Waals surface area contributed by atoms with E-state index in [-0.39, 0.29) is 5.91 Å². The third-order valence-electron chi connectivity index (χ3n) is 3.88. The van der Waals surface area contributed by atoms with Gasteiger partial charge in [-0.25, -0.2) is 0 Å². The average Bonchev–Trinajstić information content (AvgIpc) is 3.08. The summed E-state index contributed by atoms with van der Waals surface area (Å²) in [5.41, 5.74) is 3.53. The molecule has 2 aromatic carbocycles. The van der Waals surface area contributed by atoms with Gasteiger partial charge >= 0.3 is 0 Å². The van der Waals surface area contributed by atoms with Crippen LogP contribution in [0, 0.1) is 13.8 Å². The molecular weight excluding hydrogens is 370 g/mol. The lowest BCUT2D eigenvalue weighted by Crippen LogP contribution is -2.22. The number of nitrogens with one attached hydrogen (secondary N) is 1. The molecule has 3 rings (SSSR count). The lowest BCUT2D eigenvalue weighted by atomic mass is 10.1. The zero-order valence-corrected chi connectivity index (χ0v) is 16.2. The molecule has 0 saturated heterocycles. The summed E-state index contributed by atoms with van der Waals surface area (Å²) in [6.07, 6.45) is 0. The molecule has 3 aromatic rings. The van der Waals surface area contributed by atoms with Crippen molar-refractivity contribution in [2.24, 2.45) is 0 Å². The average molecular weight is 388 g/mol. The number of aryl methyl sites for hydroxylation is 1. The van der Waals surface area contributed by atoms with E-state index >= 15 is 0 Å². The van der Waals surface area contributed by atoms with E-state index in [2.05, 4.69) is 15.5 Å². The maximum Gasteiger partial charge on any atom is 0.277 e. The molecule has 0 bridgehead atoms. The summed E-state index contributed by atoms with van der Waals surface area (Å²) < 4.78 is 5.66. The number of hydrogen-bond donors (Lipinski definition) is 1. The van der Waals surface area contributed by atoms with E-state index in [9.17, 15) is 4.79 Å². The largest absolute Gasteiger partial charge is 0.411 e. The highest BCUT2D eigenvalue weighted by molar-refractivity contribution is 8.00. The number of benzene rings is 2. The SMILES string of the molecule is Cc1ccc(-c2nnc(SC(C)C(=O)Nc3cccc(Cl)c3C)o2)cc1. The lowest BCUT2D eigenvalue weighted by Gasteiger charge is -2.12. The van der Waals surface area contributed by atoms with E-state index in [0.29, 0.717) is 21.8 Å². The van der Waals surface area contributed by atoms with E-state index < -0.39 is 5.25 Å². The highest BCUT2D eigenvalue weighted by atomic mass is 35.5. The van der Waals surface area contributed by atoms with Crippen LogP contribution in [0.25, 0.3) is 11.5 Å². The summed E-state index contributed by atoms with van der Waals surface area (Å²) >= 11 is 7.30. The van der Waals surface area contributed by atoms with Gasteiger partial charge in [0.2, 0.25) is 11.8 Å². The summed E-state index contributed by atoms with van der Waals surface area (Å²) in [6.45, 7) is 5.66. The Hall–Kier alpha value is -2.31. The number of anilines is 1. The van der Waals surface area contributed by atoms with Gasteiger partial charge < -0.3 is 9.73 Å². The Morgan fingerprint density at radius 1 is 1.15 bits per heavy atom. The van der Waals surface area contributed by atoms with Crippen LogP contribution in [0.4, 0.5) is 5.69 Å². The second-order valence-corrected chi connectivity index (χ2v) is 7.60. The van der Waals surface area contributed by atoms with Crippen LogP contribution >= 0.6 is 23.4 Å². The molecule has 5 nitrogen and oxygen atoms in total. The highest BCUT2D eigenvalue weighted by Crippen LogP contribution is 2.28. The van der Waals surface area contributed by atoms with Crippen LogP contribution in [-0.2, 0) is 4.79 Å². The van der Waals surface area contributed by atoms with Crippen molar-refractivity contribution in [1.29, 1.82) is 0 Å². The van der Waals surface area contributed by atoms with Crippen molar-refractivity contribution < 1.29 is 9.21 Å². The number of carbonyl (C=O) groups is 1. The molecule has 26 heavy (non-hydrogen) atoms. The molecule has 1 unspecified atom stereocenters. The van der Waals surface area contributed by atoms with E-state index in [1.807, 2.05) is 44.2 Å². The Morgan fingerprint density at radius 3 is 2.62 bits per heavy atom. The number of nitrogens with zero attached hydrogens (tertiary/aromatic N) is 2. The molecule has 0 fully saturated rings. The molecule has 0 radical (unpaired) electrons. The zero-order valence-electron chi connectivity index (χ0n) is 14.6. The highest BCUT2D eigenvalue weighted by Gasteiger charge is 2.19. The van der Waals surface area contributed by atoms with Gasteiger partial charge in [0.15, 0.2) is 0 Å². The third-order valence-corrected chi connectivity index (χ3v) is 5.22. The molecule has 0 aliphatic carbocycles. The standard InChI is InChI=1S/C19H18ClN3O2S/c1-11-7-9-14(10-8-11)18-22-23-19(25-18)26-13(3)17(24)21-16-6-4-5-15(20)12(16)2/h4-10,13H,1-3H3,(H,21,24). The molecule has 134 valence electrons. The number of aromatic nitrogens is 2.